The summed E-state index contributed by atoms with van der Waals surface area (Å²) in [4.78, 5) is 16.2. The highest BCUT2D eigenvalue weighted by atomic mass is 15.0. The number of nitrogens with zero attached hydrogens (tertiary/aromatic N) is 4. The number of aromatic nitrogens is 4. The fraction of sp³-hybridized carbons (Fsp3) is 0.0667. The highest BCUT2D eigenvalue weighted by molar-refractivity contribution is 5.76. The summed E-state index contributed by atoms with van der Waals surface area (Å²) in [7, 11) is 0. The number of benzene rings is 1. The Hall–Kier alpha value is -3.22. The van der Waals surface area contributed by atoms with Gasteiger partial charge in [-0.15, -0.1) is 0 Å². The maximum Gasteiger partial charge on any atom is 0.221 e. The zero-order valence-electron chi connectivity index (χ0n) is 12.0. The van der Waals surface area contributed by atoms with Crippen molar-refractivity contribution in [1.82, 2.24) is 19.9 Å². The number of hydrogen-bond donors (Lipinski definition) is 3. The first-order valence-corrected chi connectivity index (χ1v) is 6.62. The van der Waals surface area contributed by atoms with Crippen LogP contribution in [0.25, 0.3) is 22.4 Å². The summed E-state index contributed by atoms with van der Waals surface area (Å²) < 4.78 is 0. The van der Waals surface area contributed by atoms with Crippen LogP contribution >= 0.6 is 0 Å². The number of nitrogens with two attached hydrogens (primary N) is 3. The molecule has 0 spiro atoms. The van der Waals surface area contributed by atoms with Gasteiger partial charge in [0.2, 0.25) is 11.9 Å². The molecular formula is C15H15N7. The summed E-state index contributed by atoms with van der Waals surface area (Å²) in [5.41, 5.74) is 21.4. The van der Waals surface area contributed by atoms with Crippen LogP contribution in [0.15, 0.2) is 36.7 Å². The quantitative estimate of drug-likeness (QED) is 0.655. The summed E-state index contributed by atoms with van der Waals surface area (Å²) in [6.45, 7) is 1.94. The van der Waals surface area contributed by atoms with E-state index < -0.39 is 0 Å². The number of nitrogen functional groups attached to an aromatic ring is 3. The van der Waals surface area contributed by atoms with Crippen LogP contribution in [0.3, 0.4) is 0 Å². The molecule has 7 nitrogen and oxygen atoms in total. The van der Waals surface area contributed by atoms with E-state index in [0.29, 0.717) is 5.82 Å². The Bertz CT molecular complexity index is 828. The topological polar surface area (TPSA) is 130 Å². The number of hydrogen-bond acceptors (Lipinski definition) is 7. The first-order chi connectivity index (χ1) is 10.5. The zero-order valence-corrected chi connectivity index (χ0v) is 12.0. The molecular weight excluding hydrogens is 278 g/mol. The van der Waals surface area contributed by atoms with Crippen LogP contribution in [0, 0.1) is 6.92 Å². The van der Waals surface area contributed by atoms with E-state index in [9.17, 15) is 0 Å². The second kappa shape index (κ2) is 5.28. The minimum absolute atomic E-state index is 0.157. The van der Waals surface area contributed by atoms with Crippen LogP contribution in [-0.4, -0.2) is 19.9 Å². The maximum atomic E-state index is 5.88. The fourth-order valence-corrected chi connectivity index (χ4v) is 2.19. The predicted molar refractivity (Wildman–Crippen MR) is 86.5 cm³/mol. The monoisotopic (exact) mass is 293 g/mol. The molecule has 0 aliphatic carbocycles. The number of rotatable bonds is 2. The van der Waals surface area contributed by atoms with Gasteiger partial charge in [-0.1, -0.05) is 24.3 Å². The molecule has 0 aliphatic rings. The van der Waals surface area contributed by atoms with Gasteiger partial charge in [0.05, 0.1) is 5.69 Å². The molecule has 110 valence electrons. The van der Waals surface area contributed by atoms with Crippen LogP contribution in [0.2, 0.25) is 0 Å². The lowest BCUT2D eigenvalue weighted by Crippen LogP contribution is -2.01. The molecule has 7 heteroatoms. The van der Waals surface area contributed by atoms with E-state index in [1.54, 1.807) is 12.4 Å². The Kier molecular flexibility index (Phi) is 3.30. The second-order valence-corrected chi connectivity index (χ2v) is 4.86. The van der Waals surface area contributed by atoms with Gasteiger partial charge in [-0.05, 0) is 18.1 Å². The van der Waals surface area contributed by atoms with Crippen molar-refractivity contribution in [2.75, 3.05) is 17.2 Å². The van der Waals surface area contributed by atoms with Crippen LogP contribution in [0.1, 0.15) is 5.56 Å². The SMILES string of the molecule is Cc1cnc(N)nc1-c1ccc(-c2cnc(N)nc2N)cc1. The predicted octanol–water partition coefficient (Wildman–Crippen LogP) is 1.66. The fourth-order valence-electron chi connectivity index (χ4n) is 2.19. The van der Waals surface area contributed by atoms with Gasteiger partial charge in [-0.3, -0.25) is 0 Å². The molecule has 1 aromatic carbocycles. The summed E-state index contributed by atoms with van der Waals surface area (Å²) in [6.07, 6.45) is 3.32. The first-order valence-electron chi connectivity index (χ1n) is 6.62. The van der Waals surface area contributed by atoms with Crippen molar-refractivity contribution in [2.24, 2.45) is 0 Å². The smallest absolute Gasteiger partial charge is 0.221 e. The molecule has 6 N–H and O–H groups in total. The number of aryl methyl sites for hydroxylation is 1. The van der Waals surface area contributed by atoms with E-state index in [-0.39, 0.29) is 11.9 Å². The lowest BCUT2D eigenvalue weighted by Gasteiger charge is -2.08. The van der Waals surface area contributed by atoms with Crippen molar-refractivity contribution in [2.45, 2.75) is 6.92 Å². The van der Waals surface area contributed by atoms with Gasteiger partial charge < -0.3 is 17.2 Å². The molecule has 0 unspecified atom stereocenters. The van der Waals surface area contributed by atoms with Gasteiger partial charge in [-0.2, -0.15) is 4.98 Å². The normalized spacial score (nSPS) is 10.6. The Morgan fingerprint density at radius 1 is 0.773 bits per heavy atom. The van der Waals surface area contributed by atoms with Gasteiger partial charge in [0.1, 0.15) is 5.82 Å². The van der Waals surface area contributed by atoms with Gasteiger partial charge in [0.15, 0.2) is 0 Å². The van der Waals surface area contributed by atoms with Crippen LogP contribution < -0.4 is 17.2 Å². The third-order valence-electron chi connectivity index (χ3n) is 3.30. The highest BCUT2D eigenvalue weighted by Crippen LogP contribution is 2.28. The average molecular weight is 293 g/mol. The average Bonchev–Trinajstić information content (AvgIpc) is 2.50. The van der Waals surface area contributed by atoms with Crippen LogP contribution in [-0.2, 0) is 0 Å². The van der Waals surface area contributed by atoms with Crippen molar-refractivity contribution in [3.8, 4) is 22.4 Å². The van der Waals surface area contributed by atoms with E-state index in [1.165, 1.54) is 0 Å². The van der Waals surface area contributed by atoms with Crippen molar-refractivity contribution < 1.29 is 0 Å². The number of anilines is 3. The molecule has 2 aromatic heterocycles. The summed E-state index contributed by atoms with van der Waals surface area (Å²) in [6, 6.07) is 7.75. The summed E-state index contributed by atoms with van der Waals surface area (Å²) >= 11 is 0. The molecule has 0 saturated heterocycles. The molecule has 0 bridgehead atoms. The van der Waals surface area contributed by atoms with Gasteiger partial charge in [0, 0.05) is 23.5 Å². The van der Waals surface area contributed by atoms with E-state index in [2.05, 4.69) is 19.9 Å². The zero-order chi connectivity index (χ0) is 15.7. The van der Waals surface area contributed by atoms with E-state index in [0.717, 1.165) is 27.9 Å². The van der Waals surface area contributed by atoms with Crippen molar-refractivity contribution in [3.63, 3.8) is 0 Å². The van der Waals surface area contributed by atoms with Crippen molar-refractivity contribution >= 4 is 17.7 Å². The van der Waals surface area contributed by atoms with Crippen molar-refractivity contribution in [3.05, 3.63) is 42.2 Å². The maximum absolute atomic E-state index is 5.88. The molecule has 3 aromatic rings. The van der Waals surface area contributed by atoms with Gasteiger partial charge >= 0.3 is 0 Å². The molecule has 2 heterocycles. The summed E-state index contributed by atoms with van der Waals surface area (Å²) in [5.74, 6) is 0.758. The molecule has 3 rings (SSSR count). The lowest BCUT2D eigenvalue weighted by atomic mass is 10.0. The Balaban J connectivity index is 2.01. The second-order valence-electron chi connectivity index (χ2n) is 4.86. The highest BCUT2D eigenvalue weighted by Gasteiger charge is 2.08. The Labute approximate surface area is 127 Å². The molecule has 22 heavy (non-hydrogen) atoms. The third-order valence-corrected chi connectivity index (χ3v) is 3.30. The van der Waals surface area contributed by atoms with E-state index >= 15 is 0 Å². The Morgan fingerprint density at radius 3 is 2.05 bits per heavy atom. The molecule has 0 radical (unpaired) electrons. The lowest BCUT2D eigenvalue weighted by molar-refractivity contribution is 1.15. The van der Waals surface area contributed by atoms with Crippen molar-refractivity contribution in [1.29, 1.82) is 0 Å². The molecule has 0 fully saturated rings. The molecule has 0 aliphatic heterocycles. The van der Waals surface area contributed by atoms with Crippen LogP contribution in [0.5, 0.6) is 0 Å². The minimum atomic E-state index is 0.157. The van der Waals surface area contributed by atoms with E-state index in [1.807, 2.05) is 31.2 Å². The van der Waals surface area contributed by atoms with E-state index in [4.69, 9.17) is 17.2 Å². The van der Waals surface area contributed by atoms with Crippen LogP contribution in [0.4, 0.5) is 17.7 Å². The first kappa shape index (κ1) is 13.7. The standard InChI is InChI=1S/C15H15N7/c1-8-6-19-14(17)21-12(8)10-4-2-9(3-5-10)11-7-20-15(18)22-13(11)16/h2-7H,1H3,(H2,17,19,21)(H4,16,18,20,22). The van der Waals surface area contributed by atoms with Gasteiger partial charge in [0.25, 0.3) is 0 Å². The Morgan fingerprint density at radius 2 is 1.36 bits per heavy atom. The molecule has 0 atom stereocenters. The van der Waals surface area contributed by atoms with Gasteiger partial charge in [-0.25, -0.2) is 15.0 Å². The summed E-state index contributed by atoms with van der Waals surface area (Å²) in [5, 5.41) is 0. The largest absolute Gasteiger partial charge is 0.383 e. The molecule has 0 amide bonds. The molecule has 0 saturated carbocycles. The minimum Gasteiger partial charge on any atom is -0.383 e. The third kappa shape index (κ3) is 2.51.